The molecule has 3 aromatic rings. The summed E-state index contributed by atoms with van der Waals surface area (Å²) in [4.78, 5) is 24.4. The number of aliphatic hydroxyl groups excluding tert-OH is 1. The molecule has 3 heterocycles. The van der Waals surface area contributed by atoms with E-state index in [1.807, 2.05) is 36.7 Å². The molecule has 9 nitrogen and oxygen atoms in total. The van der Waals surface area contributed by atoms with Crippen LogP contribution in [-0.4, -0.2) is 86.6 Å². The zero-order valence-corrected chi connectivity index (χ0v) is 17.1. The quantitative estimate of drug-likeness (QED) is 0.427. The summed E-state index contributed by atoms with van der Waals surface area (Å²) in [6, 6.07) is 8.01. The van der Waals surface area contributed by atoms with Crippen molar-refractivity contribution in [2.75, 3.05) is 51.3 Å². The van der Waals surface area contributed by atoms with E-state index >= 15 is 0 Å². The maximum absolute atomic E-state index is 12.4. The van der Waals surface area contributed by atoms with Crippen molar-refractivity contribution in [2.24, 2.45) is 0 Å². The van der Waals surface area contributed by atoms with Crippen LogP contribution in [0.15, 0.2) is 41.8 Å². The first kappa shape index (κ1) is 21.0. The largest absolute Gasteiger partial charge is 0.395 e. The predicted molar refractivity (Wildman–Crippen MR) is 114 cm³/mol. The summed E-state index contributed by atoms with van der Waals surface area (Å²) in [7, 11) is 0. The average Bonchev–Trinajstić information content (AvgIpc) is 3.23. The van der Waals surface area contributed by atoms with Crippen molar-refractivity contribution in [3.05, 3.63) is 42.2 Å². The van der Waals surface area contributed by atoms with Crippen LogP contribution in [0.4, 0.5) is 5.82 Å². The fraction of sp³-hybridized carbons (Fsp3) is 0.368. The van der Waals surface area contributed by atoms with Crippen LogP contribution in [0.2, 0.25) is 0 Å². The van der Waals surface area contributed by atoms with Gasteiger partial charge in [-0.25, -0.2) is 9.97 Å². The fourth-order valence-corrected chi connectivity index (χ4v) is 3.36. The fourth-order valence-electron chi connectivity index (χ4n) is 3.01. The standard InChI is InChI=1S/C12H19N5O2S.C7H6N2/c1-20-12-14-8-9(10(13)15-12)11(19)17-4-2-16(3-5-17)6-7-18;1-2-4-7-6(3-1)5-8-9-7/h8,18H,2-7H2,1H3,(H2,13,14,15);1-5H,(H,8,9). The first-order valence-corrected chi connectivity index (χ1v) is 10.5. The van der Waals surface area contributed by atoms with Gasteiger partial charge in [0.05, 0.1) is 18.3 Å². The normalized spacial score (nSPS) is 14.5. The molecule has 0 aliphatic carbocycles. The highest BCUT2D eigenvalue weighted by molar-refractivity contribution is 7.98. The van der Waals surface area contributed by atoms with Crippen molar-refractivity contribution in [1.82, 2.24) is 30.0 Å². The molecule has 0 unspecified atom stereocenters. The lowest BCUT2D eigenvalue weighted by Crippen LogP contribution is -2.49. The summed E-state index contributed by atoms with van der Waals surface area (Å²) in [6.45, 7) is 3.57. The molecule has 4 N–H and O–H groups in total. The summed E-state index contributed by atoms with van der Waals surface area (Å²) in [5, 5.41) is 17.4. The molecule has 29 heavy (non-hydrogen) atoms. The van der Waals surface area contributed by atoms with E-state index in [2.05, 4.69) is 25.1 Å². The molecule has 154 valence electrons. The van der Waals surface area contributed by atoms with Gasteiger partial charge in [-0.2, -0.15) is 5.10 Å². The molecule has 1 fully saturated rings. The Balaban J connectivity index is 0.000000220. The number of nitrogen functional groups attached to an aromatic ring is 1. The van der Waals surface area contributed by atoms with Gasteiger partial charge in [-0.1, -0.05) is 30.0 Å². The third-order valence-corrected chi connectivity index (χ3v) is 5.20. The van der Waals surface area contributed by atoms with Gasteiger partial charge in [0.2, 0.25) is 0 Å². The summed E-state index contributed by atoms with van der Waals surface area (Å²) in [5.74, 6) is 0.103. The highest BCUT2D eigenvalue weighted by Crippen LogP contribution is 2.16. The minimum absolute atomic E-state index is 0.126. The number of nitrogens with zero attached hydrogens (tertiary/aromatic N) is 5. The van der Waals surface area contributed by atoms with Gasteiger partial charge in [-0.3, -0.25) is 14.8 Å². The van der Waals surface area contributed by atoms with Crippen LogP contribution in [0, 0.1) is 0 Å². The molecule has 1 aliphatic heterocycles. The van der Waals surface area contributed by atoms with E-state index in [0.29, 0.717) is 30.4 Å². The SMILES string of the molecule is CSc1ncc(C(=O)N2CCN(CCO)CC2)c(N)n1.c1ccc2[nH]ncc2c1. The number of nitrogens with one attached hydrogen (secondary N) is 1. The Morgan fingerprint density at radius 1 is 1.24 bits per heavy atom. The van der Waals surface area contributed by atoms with Crippen molar-refractivity contribution >= 4 is 34.4 Å². The predicted octanol–water partition coefficient (Wildman–Crippen LogP) is 1.09. The minimum Gasteiger partial charge on any atom is -0.395 e. The molecule has 0 radical (unpaired) electrons. The van der Waals surface area contributed by atoms with Crippen LogP contribution in [0.1, 0.15) is 10.4 Å². The second-order valence-electron chi connectivity index (χ2n) is 6.47. The van der Waals surface area contributed by atoms with Crippen LogP contribution in [0.5, 0.6) is 0 Å². The lowest BCUT2D eigenvalue weighted by molar-refractivity contribution is 0.0615. The van der Waals surface area contributed by atoms with Gasteiger partial charge in [-0.15, -0.1) is 0 Å². The molecule has 1 saturated heterocycles. The van der Waals surface area contributed by atoms with E-state index in [4.69, 9.17) is 10.8 Å². The number of anilines is 1. The number of H-pyrrole nitrogens is 1. The van der Waals surface area contributed by atoms with Crippen LogP contribution in [0.25, 0.3) is 10.9 Å². The highest BCUT2D eigenvalue weighted by Gasteiger charge is 2.24. The van der Waals surface area contributed by atoms with Crippen LogP contribution < -0.4 is 5.73 Å². The lowest BCUT2D eigenvalue weighted by Gasteiger charge is -2.34. The topological polar surface area (TPSA) is 124 Å². The molecular weight excluding hydrogens is 390 g/mol. The van der Waals surface area contributed by atoms with Gasteiger partial charge in [0, 0.05) is 44.3 Å². The second kappa shape index (κ2) is 10.2. The van der Waals surface area contributed by atoms with E-state index in [0.717, 1.165) is 24.0 Å². The number of carbonyl (C=O) groups excluding carboxylic acids is 1. The number of amides is 1. The number of carbonyl (C=O) groups is 1. The molecular formula is C19H25N7O2S. The average molecular weight is 416 g/mol. The maximum Gasteiger partial charge on any atom is 0.259 e. The maximum atomic E-state index is 12.4. The Bertz CT molecular complexity index is 911. The number of rotatable bonds is 4. The van der Waals surface area contributed by atoms with Crippen molar-refractivity contribution in [1.29, 1.82) is 0 Å². The minimum atomic E-state index is -0.126. The number of β-amino-alcohol motifs (C(OH)–C–C–N with tert-alkyl or cyclic N) is 1. The first-order chi connectivity index (χ1) is 14.1. The molecule has 10 heteroatoms. The zero-order valence-electron chi connectivity index (χ0n) is 16.3. The lowest BCUT2D eigenvalue weighted by atomic mass is 10.2. The van der Waals surface area contributed by atoms with E-state index in [1.54, 1.807) is 4.90 Å². The number of benzene rings is 1. The van der Waals surface area contributed by atoms with Crippen molar-refractivity contribution < 1.29 is 9.90 Å². The first-order valence-electron chi connectivity index (χ1n) is 9.29. The molecule has 0 atom stereocenters. The number of hydrogen-bond donors (Lipinski definition) is 3. The molecule has 0 spiro atoms. The summed E-state index contributed by atoms with van der Waals surface area (Å²) in [6.07, 6.45) is 5.17. The third kappa shape index (κ3) is 5.43. The Morgan fingerprint density at radius 3 is 2.66 bits per heavy atom. The van der Waals surface area contributed by atoms with Crippen LogP contribution in [-0.2, 0) is 0 Å². The number of thioether (sulfide) groups is 1. The summed E-state index contributed by atoms with van der Waals surface area (Å²) < 4.78 is 0. The Hall–Kier alpha value is -2.69. The second-order valence-corrected chi connectivity index (χ2v) is 7.24. The number of fused-ring (bicyclic) bond motifs is 1. The van der Waals surface area contributed by atoms with Crippen molar-refractivity contribution in [2.45, 2.75) is 5.16 Å². The van der Waals surface area contributed by atoms with Gasteiger partial charge in [0.15, 0.2) is 5.16 Å². The van der Waals surface area contributed by atoms with Crippen LogP contribution in [0.3, 0.4) is 0 Å². The Labute approximate surface area is 173 Å². The molecule has 2 aromatic heterocycles. The van der Waals surface area contributed by atoms with Gasteiger partial charge in [-0.05, 0) is 12.3 Å². The number of para-hydroxylation sites is 1. The van der Waals surface area contributed by atoms with E-state index in [9.17, 15) is 4.79 Å². The molecule has 0 bridgehead atoms. The monoisotopic (exact) mass is 415 g/mol. The van der Waals surface area contributed by atoms with Crippen LogP contribution >= 0.6 is 11.8 Å². The van der Waals surface area contributed by atoms with Gasteiger partial charge >= 0.3 is 0 Å². The Morgan fingerprint density at radius 2 is 2.00 bits per heavy atom. The molecule has 1 amide bonds. The zero-order chi connectivity index (χ0) is 20.6. The summed E-state index contributed by atoms with van der Waals surface area (Å²) in [5.41, 5.74) is 7.28. The van der Waals surface area contributed by atoms with Crippen molar-refractivity contribution in [3.8, 4) is 0 Å². The number of aromatic nitrogens is 4. The van der Waals surface area contributed by atoms with Gasteiger partial charge in [0.1, 0.15) is 11.4 Å². The third-order valence-electron chi connectivity index (χ3n) is 4.63. The van der Waals surface area contributed by atoms with Crippen molar-refractivity contribution in [3.63, 3.8) is 0 Å². The molecule has 1 aliphatic rings. The number of nitrogens with two attached hydrogens (primary N) is 1. The van der Waals surface area contributed by atoms with Gasteiger partial charge in [0.25, 0.3) is 5.91 Å². The van der Waals surface area contributed by atoms with E-state index in [-0.39, 0.29) is 18.3 Å². The molecule has 0 saturated carbocycles. The molecule has 1 aromatic carbocycles. The number of hydrogen-bond acceptors (Lipinski definition) is 8. The number of piperazine rings is 1. The number of aliphatic hydroxyl groups is 1. The number of aromatic amines is 1. The summed E-state index contributed by atoms with van der Waals surface area (Å²) >= 11 is 1.39. The van der Waals surface area contributed by atoms with Gasteiger partial charge < -0.3 is 15.7 Å². The highest BCUT2D eigenvalue weighted by atomic mass is 32.2. The van der Waals surface area contributed by atoms with E-state index < -0.39 is 0 Å². The van der Waals surface area contributed by atoms with E-state index in [1.165, 1.54) is 18.0 Å². The molecule has 4 rings (SSSR count). The smallest absolute Gasteiger partial charge is 0.259 e. The Kier molecular flexibility index (Phi) is 7.39.